The lowest BCUT2D eigenvalue weighted by molar-refractivity contribution is -0.763. The van der Waals surface area contributed by atoms with Gasteiger partial charge in [-0.25, -0.2) is 4.90 Å². The normalized spacial score (nSPS) is 14.0. The molecule has 7 nitrogen and oxygen atoms in total. The first-order valence-electron chi connectivity index (χ1n) is 13.4. The van der Waals surface area contributed by atoms with Gasteiger partial charge in [-0.1, -0.05) is 91.0 Å². The van der Waals surface area contributed by atoms with Crippen LogP contribution in [0.2, 0.25) is 5.02 Å². The predicted octanol–water partition coefficient (Wildman–Crippen LogP) is 6.53. The number of benzene rings is 4. The summed E-state index contributed by atoms with van der Waals surface area (Å²) in [5, 5.41) is 7.95. The van der Waals surface area contributed by atoms with E-state index in [1.807, 2.05) is 91.9 Å². The maximum Gasteiger partial charge on any atom is 0.325 e. The minimum atomic E-state index is -0.766. The minimum absolute atomic E-state index is 0.178. The molecule has 0 spiro atoms. The first-order valence-corrected chi connectivity index (χ1v) is 14.8. The van der Waals surface area contributed by atoms with Gasteiger partial charge in [-0.15, -0.1) is 0 Å². The average Bonchev–Trinajstić information content (AvgIpc) is 2.98. The zero-order chi connectivity index (χ0) is 28.5. The van der Waals surface area contributed by atoms with Crippen LogP contribution < -0.4 is 19.9 Å². The summed E-state index contributed by atoms with van der Waals surface area (Å²) in [6, 6.07) is 27.0. The van der Waals surface area contributed by atoms with Gasteiger partial charge in [0.05, 0.1) is 23.4 Å². The molecular formula is C32H28ClN4O3S+. The van der Waals surface area contributed by atoms with Crippen molar-refractivity contribution in [2.75, 3.05) is 11.5 Å². The fourth-order valence-electron chi connectivity index (χ4n) is 5.28. The predicted molar refractivity (Wildman–Crippen MR) is 163 cm³/mol. The van der Waals surface area contributed by atoms with Crippen molar-refractivity contribution in [1.29, 1.82) is 0 Å². The van der Waals surface area contributed by atoms with Gasteiger partial charge in [0.1, 0.15) is 5.75 Å². The number of anilines is 1. The molecule has 206 valence electrons. The number of carbonyl (C=O) groups is 1. The summed E-state index contributed by atoms with van der Waals surface area (Å²) in [4.78, 5) is 32.0. The van der Waals surface area contributed by atoms with E-state index in [-0.39, 0.29) is 11.5 Å². The van der Waals surface area contributed by atoms with Crippen LogP contribution in [0, 0.1) is 0 Å². The minimum Gasteiger partial charge on any atom is -0.493 e. The molecule has 1 aliphatic heterocycles. The SMILES string of the molecule is CCCOc1ccc2ccccc2c1C1N(C(C)=O)c2ccccc2-c2c(=O)[nH]c(SCc3ccccc3Cl)n[n+]21. The summed E-state index contributed by atoms with van der Waals surface area (Å²) in [6.07, 6.45) is 0.0537. The Morgan fingerprint density at radius 3 is 2.61 bits per heavy atom. The van der Waals surface area contributed by atoms with E-state index in [2.05, 4.69) is 4.98 Å². The zero-order valence-corrected chi connectivity index (χ0v) is 24.2. The molecule has 0 aliphatic carbocycles. The van der Waals surface area contributed by atoms with Crippen molar-refractivity contribution in [2.24, 2.45) is 0 Å². The molecule has 2 heterocycles. The Bertz CT molecular complexity index is 1840. The highest BCUT2D eigenvalue weighted by Crippen LogP contribution is 2.42. The quantitative estimate of drug-likeness (QED) is 0.174. The molecule has 1 atom stereocenters. The van der Waals surface area contributed by atoms with E-state index in [1.54, 1.807) is 9.58 Å². The van der Waals surface area contributed by atoms with Crippen LogP contribution in [-0.2, 0) is 10.5 Å². The van der Waals surface area contributed by atoms with E-state index in [9.17, 15) is 9.59 Å². The Morgan fingerprint density at radius 1 is 1.05 bits per heavy atom. The number of ether oxygens (including phenoxy) is 1. The first-order chi connectivity index (χ1) is 20.0. The van der Waals surface area contributed by atoms with Crippen molar-refractivity contribution in [1.82, 2.24) is 10.1 Å². The average molecular weight is 584 g/mol. The number of aromatic amines is 1. The molecule has 0 saturated heterocycles. The number of nitrogens with zero attached hydrogens (tertiary/aromatic N) is 3. The zero-order valence-electron chi connectivity index (χ0n) is 22.6. The van der Waals surface area contributed by atoms with Crippen molar-refractivity contribution < 1.29 is 14.2 Å². The monoisotopic (exact) mass is 583 g/mol. The number of nitrogens with one attached hydrogen (secondary N) is 1. The van der Waals surface area contributed by atoms with Crippen LogP contribution in [0.5, 0.6) is 5.75 Å². The van der Waals surface area contributed by atoms with Crippen molar-refractivity contribution in [3.8, 4) is 17.0 Å². The molecule has 0 saturated carbocycles. The molecule has 1 unspecified atom stereocenters. The van der Waals surface area contributed by atoms with Gasteiger partial charge in [0.25, 0.3) is 6.17 Å². The van der Waals surface area contributed by atoms with Crippen molar-refractivity contribution in [2.45, 2.75) is 37.3 Å². The second kappa shape index (κ2) is 11.4. The lowest BCUT2D eigenvalue weighted by Crippen LogP contribution is -2.60. The number of amides is 1. The molecule has 4 aromatic carbocycles. The maximum atomic E-state index is 13.8. The van der Waals surface area contributed by atoms with Crippen LogP contribution in [0.25, 0.3) is 22.0 Å². The summed E-state index contributed by atoms with van der Waals surface area (Å²) in [5.74, 6) is 0.980. The van der Waals surface area contributed by atoms with Gasteiger partial charge in [-0.2, -0.15) is 0 Å². The van der Waals surface area contributed by atoms with E-state index in [1.165, 1.54) is 18.7 Å². The summed E-state index contributed by atoms with van der Waals surface area (Å²) >= 11 is 7.77. The molecule has 1 amide bonds. The third kappa shape index (κ3) is 4.98. The first kappa shape index (κ1) is 27.1. The van der Waals surface area contributed by atoms with Gasteiger partial charge in [0.2, 0.25) is 11.1 Å². The molecule has 0 bridgehead atoms. The van der Waals surface area contributed by atoms with E-state index in [4.69, 9.17) is 21.4 Å². The fraction of sp³-hybridized carbons (Fsp3) is 0.188. The Kier molecular flexibility index (Phi) is 7.51. The van der Waals surface area contributed by atoms with E-state index in [0.717, 1.165) is 28.3 Å². The third-order valence-electron chi connectivity index (χ3n) is 7.07. The van der Waals surface area contributed by atoms with Crippen LogP contribution >= 0.6 is 23.4 Å². The third-order valence-corrected chi connectivity index (χ3v) is 8.35. The molecule has 1 aromatic heterocycles. The van der Waals surface area contributed by atoms with Crippen LogP contribution in [0.3, 0.4) is 0 Å². The summed E-state index contributed by atoms with van der Waals surface area (Å²) in [7, 11) is 0. The largest absolute Gasteiger partial charge is 0.493 e. The molecule has 0 fully saturated rings. The molecule has 1 N–H and O–H groups in total. The smallest absolute Gasteiger partial charge is 0.325 e. The fourth-order valence-corrected chi connectivity index (χ4v) is 6.42. The Balaban J connectivity index is 1.61. The van der Waals surface area contributed by atoms with Crippen molar-refractivity contribution in [3.05, 3.63) is 111 Å². The second-order valence-electron chi connectivity index (χ2n) is 9.76. The van der Waals surface area contributed by atoms with Gasteiger partial charge in [0.15, 0.2) is 0 Å². The number of halogens is 1. The van der Waals surface area contributed by atoms with E-state index >= 15 is 0 Å². The van der Waals surface area contributed by atoms with Crippen LogP contribution in [0.4, 0.5) is 5.69 Å². The lowest BCUT2D eigenvalue weighted by Gasteiger charge is -2.32. The van der Waals surface area contributed by atoms with Gasteiger partial charge in [-0.05, 0) is 51.7 Å². The van der Waals surface area contributed by atoms with Crippen LogP contribution in [0.1, 0.15) is 37.6 Å². The number of fused-ring (bicyclic) bond motifs is 4. The van der Waals surface area contributed by atoms with Crippen molar-refractivity contribution >= 4 is 45.7 Å². The number of thioether (sulfide) groups is 1. The highest BCUT2D eigenvalue weighted by Gasteiger charge is 2.46. The van der Waals surface area contributed by atoms with Gasteiger partial charge in [0, 0.05) is 22.8 Å². The molecule has 0 radical (unpaired) electrons. The highest BCUT2D eigenvalue weighted by atomic mass is 35.5. The number of H-pyrrole nitrogens is 1. The number of aromatic nitrogens is 3. The Hall–Kier alpha value is -4.14. The van der Waals surface area contributed by atoms with E-state index in [0.29, 0.717) is 45.2 Å². The maximum absolute atomic E-state index is 13.8. The molecule has 6 rings (SSSR count). The molecular weight excluding hydrogens is 556 g/mol. The van der Waals surface area contributed by atoms with Gasteiger partial charge < -0.3 is 4.74 Å². The number of hydrogen-bond acceptors (Lipinski definition) is 5. The summed E-state index contributed by atoms with van der Waals surface area (Å²) in [5.41, 5.74) is 3.06. The molecule has 41 heavy (non-hydrogen) atoms. The van der Waals surface area contributed by atoms with Crippen LogP contribution in [0.15, 0.2) is 94.9 Å². The van der Waals surface area contributed by atoms with E-state index < -0.39 is 6.17 Å². The van der Waals surface area contributed by atoms with Crippen molar-refractivity contribution in [3.63, 3.8) is 0 Å². The van der Waals surface area contributed by atoms with Crippen LogP contribution in [-0.4, -0.2) is 22.6 Å². The number of para-hydroxylation sites is 1. The number of carbonyl (C=O) groups excluding carboxylic acids is 1. The van der Waals surface area contributed by atoms with Gasteiger partial charge >= 0.3 is 11.3 Å². The standard InChI is InChI=1S/C32H27ClN4O3S/c1-3-18-40-27-17-16-21-10-4-6-12-23(21)28(27)31-36(20(2)38)26-15-9-7-13-24(26)29-30(39)34-32(35-37(29)31)41-19-22-11-5-8-14-25(22)33/h4-17,31H,3,18-19H2,1-2H3/p+1. The molecule has 1 aliphatic rings. The summed E-state index contributed by atoms with van der Waals surface area (Å²) in [6.45, 7) is 4.09. The number of hydrogen-bond donors (Lipinski definition) is 1. The Labute approximate surface area is 246 Å². The second-order valence-corrected chi connectivity index (χ2v) is 11.1. The topological polar surface area (TPSA) is 79.2 Å². The lowest BCUT2D eigenvalue weighted by atomic mass is 9.96. The Morgan fingerprint density at radius 2 is 1.80 bits per heavy atom. The highest BCUT2D eigenvalue weighted by molar-refractivity contribution is 7.98. The summed E-state index contributed by atoms with van der Waals surface area (Å²) < 4.78 is 7.95. The number of rotatable bonds is 7. The van der Waals surface area contributed by atoms with Gasteiger partial charge in [-0.3, -0.25) is 14.6 Å². The molecule has 5 aromatic rings. The molecule has 9 heteroatoms.